The SMILES string of the molecule is CN1CCOC(c2ccccc2)c2ccccc2C1.C[N+]1([O-])CCOC(c2ccccc2)c2ccccc2C1.c1ccc(C2OCCNCc3ccccc32)cc1. The first-order valence-electron chi connectivity index (χ1n) is 20.1. The molecule has 6 aromatic rings. The van der Waals surface area contributed by atoms with Crippen LogP contribution >= 0.6 is 0 Å². The summed E-state index contributed by atoms with van der Waals surface area (Å²) in [5.41, 5.74) is 11.0. The molecule has 57 heavy (non-hydrogen) atoms. The highest BCUT2D eigenvalue weighted by Gasteiger charge is 2.25. The molecule has 0 amide bonds. The molecule has 9 rings (SSSR count). The lowest BCUT2D eigenvalue weighted by Crippen LogP contribution is -2.41. The van der Waals surface area contributed by atoms with Crippen molar-refractivity contribution in [1.29, 1.82) is 0 Å². The van der Waals surface area contributed by atoms with Crippen LogP contribution in [0.4, 0.5) is 0 Å². The Bertz CT molecular complexity index is 2110. The fourth-order valence-electron chi connectivity index (χ4n) is 7.77. The standard InChI is InChI=1S/C17H19NO2.C17H19NO.C16H17NO/c1-18(19)11-12-20-17(14-7-3-2-4-8-14)16-10-6-5-9-15(16)13-18;1-18-11-12-19-17(14-7-3-2-4-8-14)16-10-6-5-9-15(16)13-18;1-2-6-13(7-3-1)16-15-9-5-4-8-14(15)12-17-10-11-18-16/h2-10,17H,11-13H2,1H3;2-10,17H,11-13H2,1H3;1-9,16-17H,10-12H2. The fourth-order valence-corrected chi connectivity index (χ4v) is 7.77. The molecule has 0 aliphatic carbocycles. The van der Waals surface area contributed by atoms with Gasteiger partial charge in [0, 0.05) is 31.7 Å². The van der Waals surface area contributed by atoms with Gasteiger partial charge in [-0.25, -0.2) is 0 Å². The molecule has 1 N–H and O–H groups in total. The number of hydroxylamine groups is 3. The Labute approximate surface area is 338 Å². The summed E-state index contributed by atoms with van der Waals surface area (Å²) in [6, 6.07) is 56.3. The third-order valence-electron chi connectivity index (χ3n) is 10.7. The van der Waals surface area contributed by atoms with Gasteiger partial charge in [0.1, 0.15) is 31.4 Å². The molecule has 7 heteroatoms. The molecule has 0 radical (unpaired) electrons. The number of benzene rings is 6. The maximum absolute atomic E-state index is 12.4. The molecule has 4 unspecified atom stereocenters. The van der Waals surface area contributed by atoms with Crippen molar-refractivity contribution in [3.8, 4) is 0 Å². The lowest BCUT2D eigenvalue weighted by Gasteiger charge is -2.41. The molecule has 3 heterocycles. The van der Waals surface area contributed by atoms with Crippen LogP contribution in [0.15, 0.2) is 164 Å². The van der Waals surface area contributed by atoms with E-state index in [0.717, 1.165) is 56.1 Å². The van der Waals surface area contributed by atoms with Crippen LogP contribution in [-0.4, -0.2) is 63.1 Å². The van der Waals surface area contributed by atoms with Crippen LogP contribution in [0.3, 0.4) is 0 Å². The Morgan fingerprint density at radius 2 is 0.947 bits per heavy atom. The molecule has 0 fully saturated rings. The molecule has 0 aromatic heterocycles. The lowest BCUT2D eigenvalue weighted by molar-refractivity contribution is -0.875. The van der Waals surface area contributed by atoms with Crippen molar-refractivity contribution in [3.05, 3.63) is 219 Å². The first-order valence-corrected chi connectivity index (χ1v) is 20.1. The van der Waals surface area contributed by atoms with Crippen LogP contribution in [0.5, 0.6) is 0 Å². The number of nitrogens with one attached hydrogen (secondary N) is 1. The van der Waals surface area contributed by atoms with Crippen molar-refractivity contribution in [3.63, 3.8) is 0 Å². The van der Waals surface area contributed by atoms with Crippen molar-refractivity contribution in [2.45, 2.75) is 37.9 Å². The van der Waals surface area contributed by atoms with Gasteiger partial charge in [0.05, 0.1) is 26.9 Å². The second kappa shape index (κ2) is 19.9. The highest BCUT2D eigenvalue weighted by molar-refractivity contribution is 5.39. The fraction of sp³-hybridized carbons (Fsp3) is 0.280. The number of ether oxygens (including phenoxy) is 3. The largest absolute Gasteiger partial charge is 0.633 e. The Balaban J connectivity index is 0.000000131. The molecular weight excluding hydrogens is 707 g/mol. The van der Waals surface area contributed by atoms with Gasteiger partial charge in [-0.15, -0.1) is 0 Å². The van der Waals surface area contributed by atoms with Gasteiger partial charge in [-0.1, -0.05) is 164 Å². The minimum atomic E-state index is -0.279. The Morgan fingerprint density at radius 3 is 1.51 bits per heavy atom. The molecule has 294 valence electrons. The molecule has 0 saturated carbocycles. The number of nitrogens with zero attached hydrogens (tertiary/aromatic N) is 2. The Kier molecular flexibility index (Phi) is 14.1. The summed E-state index contributed by atoms with van der Waals surface area (Å²) in [7, 11) is 3.85. The van der Waals surface area contributed by atoms with Crippen molar-refractivity contribution in [2.24, 2.45) is 0 Å². The average Bonchev–Trinajstić information content (AvgIpc) is 3.22. The Hall–Kier alpha value is -4.96. The van der Waals surface area contributed by atoms with E-state index in [1.54, 1.807) is 7.05 Å². The lowest BCUT2D eigenvalue weighted by atomic mass is 9.95. The molecule has 7 nitrogen and oxygen atoms in total. The normalized spacial score (nSPS) is 22.3. The smallest absolute Gasteiger partial charge is 0.108 e. The van der Waals surface area contributed by atoms with Gasteiger partial charge in [0.2, 0.25) is 0 Å². The van der Waals surface area contributed by atoms with E-state index in [-0.39, 0.29) is 23.0 Å². The van der Waals surface area contributed by atoms with Crippen molar-refractivity contribution in [2.75, 3.05) is 53.6 Å². The predicted molar refractivity (Wildman–Crippen MR) is 228 cm³/mol. The van der Waals surface area contributed by atoms with E-state index in [1.807, 2.05) is 48.5 Å². The van der Waals surface area contributed by atoms with E-state index >= 15 is 0 Å². The van der Waals surface area contributed by atoms with Gasteiger partial charge in [-0.2, -0.15) is 0 Å². The van der Waals surface area contributed by atoms with Crippen LogP contribution in [-0.2, 0) is 33.8 Å². The third-order valence-corrected chi connectivity index (χ3v) is 10.7. The van der Waals surface area contributed by atoms with Crippen molar-refractivity contribution in [1.82, 2.24) is 10.2 Å². The summed E-state index contributed by atoms with van der Waals surface area (Å²) in [4.78, 5) is 2.31. The van der Waals surface area contributed by atoms with Crippen LogP contribution in [0.25, 0.3) is 0 Å². The monoisotopic (exact) mass is 761 g/mol. The first-order chi connectivity index (χ1) is 27.9. The van der Waals surface area contributed by atoms with E-state index in [9.17, 15) is 5.21 Å². The van der Waals surface area contributed by atoms with Crippen LogP contribution in [0.1, 0.15) is 68.4 Å². The van der Waals surface area contributed by atoms with Crippen molar-refractivity contribution < 1.29 is 18.9 Å². The zero-order valence-corrected chi connectivity index (χ0v) is 33.2. The molecule has 4 atom stereocenters. The second-order valence-corrected chi connectivity index (χ2v) is 15.2. The maximum atomic E-state index is 12.4. The number of hydrogen-bond donors (Lipinski definition) is 1. The topological polar surface area (TPSA) is 66.0 Å². The summed E-state index contributed by atoms with van der Waals surface area (Å²) in [6.45, 7) is 6.76. The number of quaternary nitrogens is 1. The first kappa shape index (κ1) is 40.2. The van der Waals surface area contributed by atoms with E-state index in [2.05, 4.69) is 133 Å². The van der Waals surface area contributed by atoms with Crippen LogP contribution in [0.2, 0.25) is 0 Å². The summed E-state index contributed by atoms with van der Waals surface area (Å²) in [5.74, 6) is 0. The van der Waals surface area contributed by atoms with Gasteiger partial charge in [-0.3, -0.25) is 4.90 Å². The Morgan fingerprint density at radius 1 is 0.526 bits per heavy atom. The van der Waals surface area contributed by atoms with Gasteiger partial charge < -0.3 is 29.4 Å². The van der Waals surface area contributed by atoms with E-state index in [1.165, 1.54) is 33.4 Å². The van der Waals surface area contributed by atoms with E-state index in [0.29, 0.717) is 19.7 Å². The molecule has 6 aromatic carbocycles. The van der Waals surface area contributed by atoms with E-state index in [4.69, 9.17) is 14.2 Å². The van der Waals surface area contributed by atoms with Crippen molar-refractivity contribution >= 4 is 0 Å². The predicted octanol–water partition coefficient (Wildman–Crippen LogP) is 9.38. The zero-order valence-electron chi connectivity index (χ0n) is 33.2. The molecule has 0 bridgehead atoms. The molecule has 3 aliphatic heterocycles. The number of rotatable bonds is 3. The highest BCUT2D eigenvalue weighted by Crippen LogP contribution is 2.33. The minimum absolute atomic E-state index is 0.0597. The molecule has 0 spiro atoms. The van der Waals surface area contributed by atoms with Gasteiger partial charge >= 0.3 is 0 Å². The number of fused-ring (bicyclic) bond motifs is 3. The van der Waals surface area contributed by atoms with E-state index < -0.39 is 0 Å². The summed E-state index contributed by atoms with van der Waals surface area (Å²) >= 11 is 0. The van der Waals surface area contributed by atoms with Crippen LogP contribution in [0, 0.1) is 5.21 Å². The average molecular weight is 762 g/mol. The maximum Gasteiger partial charge on any atom is 0.108 e. The summed E-state index contributed by atoms with van der Waals surface area (Å²) in [5, 5.41) is 15.7. The number of hydrogen-bond acceptors (Lipinski definition) is 6. The molecule has 3 aliphatic rings. The second-order valence-electron chi connectivity index (χ2n) is 15.2. The number of likely N-dealkylation sites (N-methyl/N-ethyl adjacent to an activating group) is 2. The quantitative estimate of drug-likeness (QED) is 0.143. The zero-order chi connectivity index (χ0) is 39.3. The summed E-state index contributed by atoms with van der Waals surface area (Å²) in [6.07, 6.45) is 0.0447. The van der Waals surface area contributed by atoms with Crippen LogP contribution < -0.4 is 5.32 Å². The van der Waals surface area contributed by atoms with Gasteiger partial charge in [0.25, 0.3) is 0 Å². The minimum Gasteiger partial charge on any atom is -0.633 e. The molecule has 0 saturated heterocycles. The summed E-state index contributed by atoms with van der Waals surface area (Å²) < 4.78 is 17.9. The highest BCUT2D eigenvalue weighted by atomic mass is 16.6. The van der Waals surface area contributed by atoms with Gasteiger partial charge in [-0.05, 0) is 51.6 Å². The van der Waals surface area contributed by atoms with Gasteiger partial charge in [0.15, 0.2) is 0 Å². The molecular formula is C50H55N3O4. The third kappa shape index (κ3) is 10.9.